The summed E-state index contributed by atoms with van der Waals surface area (Å²) >= 11 is 3.48. The Balaban J connectivity index is 1.80. The van der Waals surface area contributed by atoms with Gasteiger partial charge in [-0.3, -0.25) is 4.57 Å². The van der Waals surface area contributed by atoms with E-state index in [-0.39, 0.29) is 18.3 Å². The topological polar surface area (TPSA) is 27.1 Å². The summed E-state index contributed by atoms with van der Waals surface area (Å²) < 4.78 is 34.8. The number of ether oxygens (including phenoxy) is 1. The highest BCUT2D eigenvalue weighted by molar-refractivity contribution is 9.10. The second kappa shape index (κ2) is 7.54. The van der Waals surface area contributed by atoms with Crippen molar-refractivity contribution in [3.63, 3.8) is 0 Å². The molecule has 0 amide bonds. The second-order valence-electron chi connectivity index (χ2n) is 8.51. The summed E-state index contributed by atoms with van der Waals surface area (Å²) in [5.74, 6) is 1.70. The molecule has 0 fully saturated rings. The van der Waals surface area contributed by atoms with E-state index in [0.717, 1.165) is 26.3 Å². The monoisotopic (exact) mass is 473 g/mol. The largest absolute Gasteiger partial charge is 0.457 e. The number of rotatable bonds is 3. The van der Waals surface area contributed by atoms with Gasteiger partial charge < -0.3 is 4.74 Å². The molecule has 2 heterocycles. The van der Waals surface area contributed by atoms with Crippen LogP contribution in [0.3, 0.4) is 0 Å². The smallest absolute Gasteiger partial charge is 0.137 e. The maximum Gasteiger partial charge on any atom is 0.137 e. The van der Waals surface area contributed by atoms with Crippen LogP contribution in [0, 0.1) is 0 Å². The van der Waals surface area contributed by atoms with Gasteiger partial charge in [-0.1, -0.05) is 61.0 Å². The Labute approximate surface area is 194 Å². The number of aromatic nitrogens is 2. The zero-order chi connectivity index (χ0) is 24.2. The highest BCUT2D eigenvalue weighted by Crippen LogP contribution is 2.35. The van der Waals surface area contributed by atoms with Gasteiger partial charge in [0, 0.05) is 27.5 Å². The molecule has 0 spiro atoms. The van der Waals surface area contributed by atoms with Crippen molar-refractivity contribution in [2.24, 2.45) is 0 Å². The Morgan fingerprint density at radius 1 is 0.903 bits per heavy atom. The predicted molar refractivity (Wildman–Crippen MR) is 131 cm³/mol. The third-order valence-electron chi connectivity index (χ3n) is 5.22. The van der Waals surface area contributed by atoms with Crippen molar-refractivity contribution in [1.82, 2.24) is 9.55 Å². The Hall–Kier alpha value is -3.11. The Morgan fingerprint density at radius 2 is 1.68 bits per heavy atom. The molecule has 5 rings (SSSR count). The van der Waals surface area contributed by atoms with Crippen LogP contribution in [0.1, 0.15) is 30.4 Å². The maximum atomic E-state index is 9.00. The van der Waals surface area contributed by atoms with Gasteiger partial charge in [-0.05, 0) is 59.5 Å². The van der Waals surface area contributed by atoms with Crippen LogP contribution in [0.15, 0.2) is 89.5 Å². The molecule has 154 valence electrons. The molecular weight excluding hydrogens is 448 g/mol. The van der Waals surface area contributed by atoms with Gasteiger partial charge in [0.25, 0.3) is 0 Å². The zero-order valence-corrected chi connectivity index (χ0v) is 19.1. The molecule has 3 nitrogen and oxygen atoms in total. The average Bonchev–Trinajstić information content (AvgIpc) is 3.09. The maximum absolute atomic E-state index is 9.00. The number of fused-ring (bicyclic) bond motifs is 3. The van der Waals surface area contributed by atoms with E-state index in [4.69, 9.17) is 8.85 Å². The van der Waals surface area contributed by atoms with Gasteiger partial charge in [-0.15, -0.1) is 0 Å². The molecular formula is C27H23BrN2O. The number of benzene rings is 3. The number of nitrogens with zero attached hydrogens (tertiary/aromatic N) is 2. The lowest BCUT2D eigenvalue weighted by Gasteiger charge is -2.20. The minimum absolute atomic E-state index is 0.000643. The Morgan fingerprint density at radius 3 is 2.48 bits per heavy atom. The molecule has 2 aromatic heterocycles. The van der Waals surface area contributed by atoms with E-state index >= 15 is 0 Å². The first-order valence-electron chi connectivity index (χ1n) is 11.6. The van der Waals surface area contributed by atoms with E-state index in [1.165, 1.54) is 0 Å². The molecule has 0 saturated heterocycles. The van der Waals surface area contributed by atoms with Gasteiger partial charge in [-0.25, -0.2) is 4.98 Å². The number of hydrogen-bond donors (Lipinski definition) is 0. The number of hydrogen-bond acceptors (Lipinski definition) is 2. The molecule has 0 N–H and O–H groups in total. The molecule has 5 aromatic rings. The SMILES string of the molecule is [2H]c1nc(-n2c3ccccc3c3ccc(Oc4cccc(Br)c4)cc32)c([2H])c(C(C)(C)C)c1[2H]. The van der Waals surface area contributed by atoms with Gasteiger partial charge in [0.05, 0.1) is 15.1 Å². The van der Waals surface area contributed by atoms with Crippen molar-refractivity contribution in [2.45, 2.75) is 26.2 Å². The minimum atomic E-state index is -0.477. The number of para-hydroxylation sites is 1. The summed E-state index contributed by atoms with van der Waals surface area (Å²) in [4.78, 5) is 4.42. The van der Waals surface area contributed by atoms with Crippen molar-refractivity contribution in [2.75, 3.05) is 0 Å². The van der Waals surface area contributed by atoms with E-state index in [1.807, 2.05) is 92.1 Å². The summed E-state index contributed by atoms with van der Waals surface area (Å²) in [5.41, 5.74) is 1.74. The van der Waals surface area contributed by atoms with Gasteiger partial charge in [0.15, 0.2) is 0 Å². The fourth-order valence-electron chi connectivity index (χ4n) is 3.70. The van der Waals surface area contributed by atoms with E-state index in [2.05, 4.69) is 20.9 Å². The van der Waals surface area contributed by atoms with Gasteiger partial charge in [-0.2, -0.15) is 0 Å². The van der Waals surface area contributed by atoms with Crippen LogP contribution in [-0.4, -0.2) is 9.55 Å². The minimum Gasteiger partial charge on any atom is -0.457 e. The lowest BCUT2D eigenvalue weighted by atomic mass is 9.88. The molecule has 0 aliphatic carbocycles. The Kier molecular flexibility index (Phi) is 4.03. The van der Waals surface area contributed by atoms with Gasteiger partial charge in [0.1, 0.15) is 17.3 Å². The first kappa shape index (κ1) is 16.6. The normalized spacial score (nSPS) is 13.2. The molecule has 31 heavy (non-hydrogen) atoms. The molecule has 0 aliphatic rings. The van der Waals surface area contributed by atoms with Crippen molar-refractivity contribution < 1.29 is 8.85 Å². The summed E-state index contributed by atoms with van der Waals surface area (Å²) in [5, 5.41) is 2.02. The molecule has 0 saturated carbocycles. The van der Waals surface area contributed by atoms with Crippen LogP contribution in [-0.2, 0) is 5.41 Å². The summed E-state index contributed by atoms with van der Waals surface area (Å²) in [6, 6.07) is 21.6. The molecule has 4 heteroatoms. The van der Waals surface area contributed by atoms with Crippen molar-refractivity contribution in [3.8, 4) is 17.3 Å². The number of pyridine rings is 1. The predicted octanol–water partition coefficient (Wildman–Crippen LogP) is 8.03. The molecule has 0 aliphatic heterocycles. The van der Waals surface area contributed by atoms with E-state index in [0.29, 0.717) is 22.9 Å². The first-order chi connectivity index (χ1) is 16.1. The third kappa shape index (κ3) is 3.72. The zero-order valence-electron chi connectivity index (χ0n) is 20.5. The van der Waals surface area contributed by atoms with Crippen LogP contribution in [0.4, 0.5) is 0 Å². The molecule has 3 aromatic carbocycles. The quantitative estimate of drug-likeness (QED) is 0.265. The fourth-order valence-corrected chi connectivity index (χ4v) is 4.08. The summed E-state index contributed by atoms with van der Waals surface area (Å²) in [6.45, 7) is 5.87. The van der Waals surface area contributed by atoms with Gasteiger partial charge in [0.2, 0.25) is 0 Å². The van der Waals surface area contributed by atoms with Crippen LogP contribution in [0.2, 0.25) is 0 Å². The highest BCUT2D eigenvalue weighted by atomic mass is 79.9. The Bertz CT molecular complexity index is 1570. The molecule has 0 atom stereocenters. The molecule has 0 radical (unpaired) electrons. The van der Waals surface area contributed by atoms with Crippen LogP contribution in [0.5, 0.6) is 11.5 Å². The summed E-state index contributed by atoms with van der Waals surface area (Å²) in [6.07, 6.45) is -0.136. The van der Waals surface area contributed by atoms with Crippen molar-refractivity contribution >= 4 is 37.7 Å². The lowest BCUT2D eigenvalue weighted by molar-refractivity contribution is 0.483. The van der Waals surface area contributed by atoms with Crippen molar-refractivity contribution in [3.05, 3.63) is 95.0 Å². The van der Waals surface area contributed by atoms with Crippen molar-refractivity contribution in [1.29, 1.82) is 0 Å². The van der Waals surface area contributed by atoms with E-state index in [1.54, 1.807) is 0 Å². The third-order valence-corrected chi connectivity index (χ3v) is 5.71. The van der Waals surface area contributed by atoms with Crippen LogP contribution < -0.4 is 4.74 Å². The lowest BCUT2D eigenvalue weighted by Crippen LogP contribution is -2.12. The van der Waals surface area contributed by atoms with E-state index < -0.39 is 5.41 Å². The average molecular weight is 474 g/mol. The van der Waals surface area contributed by atoms with Crippen LogP contribution in [0.25, 0.3) is 27.6 Å². The summed E-state index contributed by atoms with van der Waals surface area (Å²) in [7, 11) is 0. The fraction of sp³-hybridized carbons (Fsp3) is 0.148. The first-order valence-corrected chi connectivity index (χ1v) is 10.9. The molecule has 0 unspecified atom stereocenters. The number of halogens is 1. The molecule has 0 bridgehead atoms. The second-order valence-corrected chi connectivity index (χ2v) is 9.43. The van der Waals surface area contributed by atoms with Gasteiger partial charge >= 0.3 is 0 Å². The standard InChI is InChI=1S/C27H23BrN2O/c1-27(2,3)18-13-14-29-26(15-18)30-24-10-5-4-9-22(24)23-12-11-21(17-25(23)30)31-20-8-6-7-19(28)16-20/h4-17H,1-3H3/i13D,14D,15D. The van der Waals surface area contributed by atoms with E-state index in [9.17, 15) is 0 Å². The highest BCUT2D eigenvalue weighted by Gasteiger charge is 2.18. The van der Waals surface area contributed by atoms with Crippen LogP contribution >= 0.6 is 15.9 Å².